The molecular weight excluding hydrogens is 452 g/mol. The maximum atomic E-state index is 12.6. The number of hydrogen-bond acceptors (Lipinski definition) is 4. The molecule has 1 heterocycles. The zero-order valence-electron chi connectivity index (χ0n) is 19.3. The summed E-state index contributed by atoms with van der Waals surface area (Å²) < 4.78 is 10.6. The number of carbonyl (C=O) groups is 2. The number of amides is 2. The number of hydrogen-bond donors (Lipinski definition) is 1. The lowest BCUT2D eigenvalue weighted by atomic mass is 9.99. The molecule has 0 saturated heterocycles. The molecule has 1 N–H and O–H groups in total. The van der Waals surface area contributed by atoms with Gasteiger partial charge in [-0.1, -0.05) is 23.7 Å². The van der Waals surface area contributed by atoms with Crippen LogP contribution in [-0.2, 0) is 29.0 Å². The number of rotatable bonds is 8. The first-order valence-electron chi connectivity index (χ1n) is 11.1. The molecule has 0 unspecified atom stereocenters. The van der Waals surface area contributed by atoms with Crippen molar-refractivity contribution < 1.29 is 19.1 Å². The van der Waals surface area contributed by atoms with E-state index in [1.54, 1.807) is 25.2 Å². The Morgan fingerprint density at radius 1 is 0.941 bits per heavy atom. The minimum atomic E-state index is -0.0772. The van der Waals surface area contributed by atoms with E-state index in [1.807, 2.05) is 54.6 Å². The quantitative estimate of drug-likeness (QED) is 0.470. The lowest BCUT2D eigenvalue weighted by Crippen LogP contribution is -2.34. The van der Waals surface area contributed by atoms with Crippen molar-refractivity contribution in [3.05, 3.63) is 82.4 Å². The summed E-state index contributed by atoms with van der Waals surface area (Å²) in [4.78, 5) is 27.0. The van der Waals surface area contributed by atoms with Crippen LogP contribution in [0.4, 0.5) is 11.4 Å². The molecule has 3 aromatic rings. The lowest BCUT2D eigenvalue weighted by molar-refractivity contribution is -0.119. The Labute approximate surface area is 204 Å². The van der Waals surface area contributed by atoms with Gasteiger partial charge in [-0.25, -0.2) is 0 Å². The summed E-state index contributed by atoms with van der Waals surface area (Å²) in [7, 11) is 3.21. The second-order valence-corrected chi connectivity index (χ2v) is 8.66. The minimum absolute atomic E-state index is 0.0772. The van der Waals surface area contributed by atoms with Gasteiger partial charge < -0.3 is 19.7 Å². The molecule has 0 fully saturated rings. The fourth-order valence-electron chi connectivity index (χ4n) is 4.08. The predicted octanol–water partition coefficient (Wildman–Crippen LogP) is 5.41. The third-order valence-electron chi connectivity index (χ3n) is 5.87. The van der Waals surface area contributed by atoms with E-state index >= 15 is 0 Å². The molecule has 0 saturated carbocycles. The van der Waals surface area contributed by atoms with E-state index in [-0.39, 0.29) is 11.8 Å². The van der Waals surface area contributed by atoms with Crippen LogP contribution in [0.3, 0.4) is 0 Å². The van der Waals surface area contributed by atoms with E-state index in [1.165, 1.54) is 0 Å². The van der Waals surface area contributed by atoms with E-state index in [9.17, 15) is 9.59 Å². The van der Waals surface area contributed by atoms with Crippen molar-refractivity contribution in [3.63, 3.8) is 0 Å². The summed E-state index contributed by atoms with van der Waals surface area (Å²) in [6.45, 7) is 0.485. The number of methoxy groups -OCH3 is 2. The van der Waals surface area contributed by atoms with Gasteiger partial charge in [0.15, 0.2) is 0 Å². The molecule has 34 heavy (non-hydrogen) atoms. The molecule has 3 aromatic carbocycles. The van der Waals surface area contributed by atoms with Crippen LogP contribution in [-0.4, -0.2) is 26.0 Å². The molecule has 0 aromatic heterocycles. The van der Waals surface area contributed by atoms with E-state index < -0.39 is 0 Å². The molecule has 1 aliphatic rings. The third kappa shape index (κ3) is 5.69. The van der Waals surface area contributed by atoms with Gasteiger partial charge >= 0.3 is 0 Å². The van der Waals surface area contributed by atoms with Gasteiger partial charge in [-0.05, 0) is 72.0 Å². The number of aryl methyl sites for hydroxylation is 2. The molecular formula is C27H27ClN2O4. The number of ether oxygens (including phenoxy) is 2. The van der Waals surface area contributed by atoms with Crippen LogP contribution in [0.25, 0.3) is 0 Å². The highest BCUT2D eigenvalue weighted by Crippen LogP contribution is 2.32. The van der Waals surface area contributed by atoms with Crippen molar-refractivity contribution in [1.82, 2.24) is 0 Å². The fraction of sp³-hybridized carbons (Fsp3) is 0.259. The van der Waals surface area contributed by atoms with E-state index in [0.29, 0.717) is 48.7 Å². The zero-order valence-corrected chi connectivity index (χ0v) is 20.0. The van der Waals surface area contributed by atoms with Crippen LogP contribution in [0.5, 0.6) is 11.5 Å². The molecule has 0 spiro atoms. The summed E-state index contributed by atoms with van der Waals surface area (Å²) in [6.07, 6.45) is 1.98. The van der Waals surface area contributed by atoms with E-state index in [0.717, 1.165) is 28.1 Å². The molecule has 0 radical (unpaired) electrons. The average molecular weight is 479 g/mol. The van der Waals surface area contributed by atoms with Crippen molar-refractivity contribution in [1.29, 1.82) is 0 Å². The van der Waals surface area contributed by atoms with Crippen molar-refractivity contribution in [2.75, 3.05) is 24.4 Å². The predicted molar refractivity (Wildman–Crippen MR) is 134 cm³/mol. The molecule has 0 aliphatic carbocycles. The van der Waals surface area contributed by atoms with Crippen LogP contribution < -0.4 is 19.7 Å². The van der Waals surface area contributed by atoms with Gasteiger partial charge in [-0.2, -0.15) is 0 Å². The smallest absolute Gasteiger partial charge is 0.227 e. The number of nitrogens with zero attached hydrogens (tertiary/aromatic N) is 1. The molecule has 6 nitrogen and oxygen atoms in total. The van der Waals surface area contributed by atoms with Gasteiger partial charge in [0.2, 0.25) is 11.8 Å². The molecule has 176 valence electrons. The Morgan fingerprint density at radius 3 is 2.32 bits per heavy atom. The summed E-state index contributed by atoms with van der Waals surface area (Å²) in [6, 6.07) is 18.8. The molecule has 0 atom stereocenters. The second kappa shape index (κ2) is 10.6. The van der Waals surface area contributed by atoms with Crippen molar-refractivity contribution in [3.8, 4) is 11.5 Å². The largest absolute Gasteiger partial charge is 0.497 e. The standard InChI is InChI=1S/C27H27ClN2O4/c1-33-23-13-19(14-24(16-23)34-2)5-11-26(31)29-22-9-10-25-20(15-22)6-12-27(32)30(25)17-18-3-7-21(28)8-4-18/h3-4,7-10,13-16H,5-6,11-12,17H2,1-2H3,(H,29,31). The van der Waals surface area contributed by atoms with Gasteiger partial charge in [0.25, 0.3) is 0 Å². The summed E-state index contributed by atoms with van der Waals surface area (Å²) in [5.74, 6) is 1.41. The van der Waals surface area contributed by atoms with Crippen molar-refractivity contribution in [2.45, 2.75) is 32.2 Å². The molecule has 1 aliphatic heterocycles. The topological polar surface area (TPSA) is 67.9 Å². The summed E-state index contributed by atoms with van der Waals surface area (Å²) >= 11 is 5.98. The lowest BCUT2D eigenvalue weighted by Gasteiger charge is -2.30. The molecule has 2 amide bonds. The highest BCUT2D eigenvalue weighted by Gasteiger charge is 2.24. The fourth-order valence-corrected chi connectivity index (χ4v) is 4.20. The summed E-state index contributed by atoms with van der Waals surface area (Å²) in [5.41, 5.74) is 4.63. The highest BCUT2D eigenvalue weighted by atomic mass is 35.5. The average Bonchev–Trinajstić information content (AvgIpc) is 2.85. The van der Waals surface area contributed by atoms with Gasteiger partial charge in [0.05, 0.1) is 20.8 Å². The number of carbonyl (C=O) groups excluding carboxylic acids is 2. The Kier molecular flexibility index (Phi) is 7.38. The SMILES string of the molecule is COc1cc(CCC(=O)Nc2ccc3c(c2)CCC(=O)N3Cc2ccc(Cl)cc2)cc(OC)c1. The zero-order chi connectivity index (χ0) is 24.1. The number of fused-ring (bicyclic) bond motifs is 1. The molecule has 0 bridgehead atoms. The third-order valence-corrected chi connectivity index (χ3v) is 6.12. The van der Waals surface area contributed by atoms with Crippen LogP contribution in [0.2, 0.25) is 5.02 Å². The second-order valence-electron chi connectivity index (χ2n) is 8.22. The van der Waals surface area contributed by atoms with Gasteiger partial charge in [-0.15, -0.1) is 0 Å². The Bertz CT molecular complexity index is 1170. The number of anilines is 2. The highest BCUT2D eigenvalue weighted by molar-refractivity contribution is 6.30. The molecule has 7 heteroatoms. The first kappa shape index (κ1) is 23.6. The normalized spacial score (nSPS) is 12.8. The first-order valence-corrected chi connectivity index (χ1v) is 11.5. The number of benzene rings is 3. The maximum Gasteiger partial charge on any atom is 0.227 e. The van der Waals surface area contributed by atoms with Crippen LogP contribution in [0.1, 0.15) is 29.5 Å². The van der Waals surface area contributed by atoms with E-state index in [4.69, 9.17) is 21.1 Å². The maximum absolute atomic E-state index is 12.6. The Morgan fingerprint density at radius 2 is 1.65 bits per heavy atom. The van der Waals surface area contributed by atoms with Gasteiger partial charge in [-0.3, -0.25) is 9.59 Å². The van der Waals surface area contributed by atoms with Crippen molar-refractivity contribution in [2.24, 2.45) is 0 Å². The van der Waals surface area contributed by atoms with Crippen LogP contribution in [0.15, 0.2) is 60.7 Å². The molecule has 4 rings (SSSR count). The van der Waals surface area contributed by atoms with Crippen LogP contribution >= 0.6 is 11.6 Å². The summed E-state index contributed by atoms with van der Waals surface area (Å²) in [5, 5.41) is 3.65. The van der Waals surface area contributed by atoms with Gasteiger partial charge in [0.1, 0.15) is 11.5 Å². The number of halogens is 1. The number of nitrogens with one attached hydrogen (secondary N) is 1. The van der Waals surface area contributed by atoms with E-state index in [2.05, 4.69) is 5.32 Å². The first-order chi connectivity index (χ1) is 16.4. The van der Waals surface area contributed by atoms with Gasteiger partial charge in [0, 0.05) is 35.3 Å². The Hall–Kier alpha value is -3.51. The Balaban J connectivity index is 1.42. The van der Waals surface area contributed by atoms with Crippen LogP contribution in [0, 0.1) is 0 Å². The minimum Gasteiger partial charge on any atom is -0.497 e. The monoisotopic (exact) mass is 478 g/mol. The van der Waals surface area contributed by atoms with Crippen molar-refractivity contribution >= 4 is 34.8 Å².